The van der Waals surface area contributed by atoms with Crippen LogP contribution in [0.5, 0.6) is 0 Å². The zero-order valence-corrected chi connectivity index (χ0v) is 14.2. The number of rotatable bonds is 2. The summed E-state index contributed by atoms with van der Waals surface area (Å²) in [5.41, 5.74) is 4.70. The normalized spacial score (nSPS) is 12.1. The van der Waals surface area contributed by atoms with E-state index in [1.165, 1.54) is 5.56 Å². The van der Waals surface area contributed by atoms with E-state index in [4.69, 9.17) is 0 Å². The smallest absolute Gasteiger partial charge is 0.234 e. The van der Waals surface area contributed by atoms with Crippen LogP contribution in [0.15, 0.2) is 55.0 Å². The van der Waals surface area contributed by atoms with Crippen molar-refractivity contribution in [3.05, 3.63) is 60.6 Å². The molecule has 0 aliphatic rings. The summed E-state index contributed by atoms with van der Waals surface area (Å²) in [5, 5.41) is 1.15. The summed E-state index contributed by atoms with van der Waals surface area (Å²) in [6, 6.07) is 12.5. The van der Waals surface area contributed by atoms with Gasteiger partial charge in [-0.25, -0.2) is 9.97 Å². The Kier molecular flexibility index (Phi) is 3.34. The standard InChI is InChI=1S/C20H20N4/c1-20(2,3)13-14-7-8-16-15(12-14)18-17(6-4-9-21-18)24(16)19-22-10-5-11-23-19/h4-12H,13H2,1-3H3. The maximum absolute atomic E-state index is 4.62. The number of fused-ring (bicyclic) bond motifs is 3. The summed E-state index contributed by atoms with van der Waals surface area (Å²) in [5.74, 6) is 0.675. The molecule has 0 aliphatic carbocycles. The van der Waals surface area contributed by atoms with E-state index in [2.05, 4.69) is 64.6 Å². The van der Waals surface area contributed by atoms with Gasteiger partial charge in [0.1, 0.15) is 0 Å². The van der Waals surface area contributed by atoms with Crippen molar-refractivity contribution in [3.63, 3.8) is 0 Å². The van der Waals surface area contributed by atoms with Crippen molar-refractivity contribution in [2.75, 3.05) is 0 Å². The van der Waals surface area contributed by atoms with E-state index in [0.29, 0.717) is 5.95 Å². The van der Waals surface area contributed by atoms with Crippen molar-refractivity contribution in [2.45, 2.75) is 27.2 Å². The maximum Gasteiger partial charge on any atom is 0.234 e. The minimum absolute atomic E-state index is 0.252. The number of nitrogens with zero attached hydrogens (tertiary/aromatic N) is 4. The van der Waals surface area contributed by atoms with Crippen LogP contribution in [-0.2, 0) is 6.42 Å². The lowest BCUT2D eigenvalue weighted by Crippen LogP contribution is -2.08. The summed E-state index contributed by atoms with van der Waals surface area (Å²) in [4.78, 5) is 13.5. The topological polar surface area (TPSA) is 43.6 Å². The Morgan fingerprint density at radius 2 is 1.62 bits per heavy atom. The van der Waals surface area contributed by atoms with Crippen LogP contribution in [0.1, 0.15) is 26.3 Å². The second-order valence-corrected chi connectivity index (χ2v) is 7.34. The van der Waals surface area contributed by atoms with Crippen LogP contribution in [0.2, 0.25) is 0 Å². The molecule has 0 spiro atoms. The predicted octanol–water partition coefficient (Wildman–Crippen LogP) is 4.56. The molecule has 3 heterocycles. The summed E-state index contributed by atoms with van der Waals surface area (Å²) in [7, 11) is 0. The molecule has 4 rings (SSSR count). The first-order valence-electron chi connectivity index (χ1n) is 8.18. The first kappa shape index (κ1) is 14.8. The minimum atomic E-state index is 0.252. The second kappa shape index (κ2) is 5.41. The van der Waals surface area contributed by atoms with E-state index in [1.807, 2.05) is 18.3 Å². The highest BCUT2D eigenvalue weighted by atomic mass is 15.2. The largest absolute Gasteiger partial charge is 0.276 e. The minimum Gasteiger partial charge on any atom is -0.276 e. The van der Waals surface area contributed by atoms with Gasteiger partial charge in [0.25, 0.3) is 0 Å². The summed E-state index contributed by atoms with van der Waals surface area (Å²) in [6.07, 6.45) is 6.41. The van der Waals surface area contributed by atoms with Gasteiger partial charge in [-0.05, 0) is 47.7 Å². The molecule has 0 saturated carbocycles. The van der Waals surface area contributed by atoms with Gasteiger partial charge in [-0.1, -0.05) is 26.8 Å². The number of hydrogen-bond acceptors (Lipinski definition) is 3. The Labute approximate surface area is 141 Å². The number of aromatic nitrogens is 4. The van der Waals surface area contributed by atoms with Gasteiger partial charge in [0.2, 0.25) is 5.95 Å². The van der Waals surface area contributed by atoms with Gasteiger partial charge in [0, 0.05) is 24.0 Å². The predicted molar refractivity (Wildman–Crippen MR) is 97.3 cm³/mol. The maximum atomic E-state index is 4.62. The molecule has 0 unspecified atom stereocenters. The average Bonchev–Trinajstić information content (AvgIpc) is 2.88. The van der Waals surface area contributed by atoms with Crippen molar-refractivity contribution in [2.24, 2.45) is 5.41 Å². The lowest BCUT2D eigenvalue weighted by atomic mass is 9.88. The van der Waals surface area contributed by atoms with Crippen LogP contribution in [0.4, 0.5) is 0 Å². The van der Waals surface area contributed by atoms with Crippen LogP contribution in [0.25, 0.3) is 27.9 Å². The Hall–Kier alpha value is -2.75. The fourth-order valence-electron chi connectivity index (χ4n) is 3.23. The number of pyridine rings is 1. The highest BCUT2D eigenvalue weighted by Gasteiger charge is 2.17. The summed E-state index contributed by atoms with van der Waals surface area (Å²) >= 11 is 0. The molecular formula is C20H20N4. The van der Waals surface area contributed by atoms with E-state index in [-0.39, 0.29) is 5.41 Å². The van der Waals surface area contributed by atoms with Gasteiger partial charge in [-0.15, -0.1) is 0 Å². The van der Waals surface area contributed by atoms with E-state index in [0.717, 1.165) is 28.4 Å². The molecule has 0 N–H and O–H groups in total. The fraction of sp³-hybridized carbons (Fsp3) is 0.250. The van der Waals surface area contributed by atoms with E-state index < -0.39 is 0 Å². The van der Waals surface area contributed by atoms with Crippen LogP contribution in [-0.4, -0.2) is 19.5 Å². The SMILES string of the molecule is CC(C)(C)Cc1ccc2c(c1)c1ncccc1n2-c1ncccn1. The van der Waals surface area contributed by atoms with Crippen molar-refractivity contribution in [3.8, 4) is 5.95 Å². The molecule has 0 radical (unpaired) electrons. The molecule has 0 amide bonds. The molecule has 4 aromatic rings. The summed E-state index contributed by atoms with van der Waals surface area (Å²) in [6.45, 7) is 6.78. The molecule has 4 heteroatoms. The molecule has 120 valence electrons. The van der Waals surface area contributed by atoms with Crippen LogP contribution >= 0.6 is 0 Å². The molecule has 1 aromatic carbocycles. The number of hydrogen-bond donors (Lipinski definition) is 0. The Morgan fingerprint density at radius 1 is 0.875 bits per heavy atom. The van der Waals surface area contributed by atoms with Crippen molar-refractivity contribution in [1.82, 2.24) is 19.5 Å². The fourth-order valence-corrected chi connectivity index (χ4v) is 3.23. The van der Waals surface area contributed by atoms with Crippen LogP contribution in [0, 0.1) is 5.41 Å². The Balaban J connectivity index is 2.02. The molecule has 0 saturated heterocycles. The summed E-state index contributed by atoms with van der Waals surface area (Å²) < 4.78 is 2.08. The molecule has 0 fully saturated rings. The van der Waals surface area contributed by atoms with Gasteiger partial charge < -0.3 is 0 Å². The quantitative estimate of drug-likeness (QED) is 0.544. The molecule has 24 heavy (non-hydrogen) atoms. The van der Waals surface area contributed by atoms with Gasteiger partial charge >= 0.3 is 0 Å². The van der Waals surface area contributed by atoms with E-state index >= 15 is 0 Å². The molecule has 3 aromatic heterocycles. The van der Waals surface area contributed by atoms with Crippen LogP contribution < -0.4 is 0 Å². The van der Waals surface area contributed by atoms with Gasteiger partial charge in [0.15, 0.2) is 0 Å². The average molecular weight is 316 g/mol. The lowest BCUT2D eigenvalue weighted by Gasteiger charge is -2.18. The third-order valence-corrected chi connectivity index (χ3v) is 4.07. The Bertz CT molecular complexity index is 1010. The number of benzene rings is 1. The second-order valence-electron chi connectivity index (χ2n) is 7.34. The first-order valence-corrected chi connectivity index (χ1v) is 8.18. The molecular weight excluding hydrogens is 296 g/mol. The third-order valence-electron chi connectivity index (χ3n) is 4.07. The zero-order chi connectivity index (χ0) is 16.7. The Morgan fingerprint density at radius 3 is 2.38 bits per heavy atom. The molecule has 0 atom stereocenters. The van der Waals surface area contributed by atoms with Gasteiger partial charge in [-0.2, -0.15) is 0 Å². The van der Waals surface area contributed by atoms with Crippen molar-refractivity contribution >= 4 is 21.9 Å². The molecule has 0 aliphatic heterocycles. The van der Waals surface area contributed by atoms with Crippen LogP contribution in [0.3, 0.4) is 0 Å². The monoisotopic (exact) mass is 316 g/mol. The van der Waals surface area contributed by atoms with E-state index in [1.54, 1.807) is 12.4 Å². The third kappa shape index (κ3) is 2.54. The molecule has 4 nitrogen and oxygen atoms in total. The van der Waals surface area contributed by atoms with Gasteiger partial charge in [-0.3, -0.25) is 9.55 Å². The zero-order valence-electron chi connectivity index (χ0n) is 14.2. The molecule has 0 bridgehead atoms. The lowest BCUT2D eigenvalue weighted by molar-refractivity contribution is 0.411. The van der Waals surface area contributed by atoms with E-state index in [9.17, 15) is 0 Å². The van der Waals surface area contributed by atoms with Crippen molar-refractivity contribution < 1.29 is 0 Å². The highest BCUT2D eigenvalue weighted by Crippen LogP contribution is 2.31. The van der Waals surface area contributed by atoms with Gasteiger partial charge in [0.05, 0.1) is 16.6 Å². The van der Waals surface area contributed by atoms with Crippen molar-refractivity contribution in [1.29, 1.82) is 0 Å². The highest BCUT2D eigenvalue weighted by molar-refractivity contribution is 6.06. The first-order chi connectivity index (χ1) is 11.5.